The van der Waals surface area contributed by atoms with Gasteiger partial charge in [-0.1, -0.05) is 12.1 Å². The number of ether oxygens (including phenoxy) is 1. The van der Waals surface area contributed by atoms with Gasteiger partial charge in [0.1, 0.15) is 5.82 Å². The van der Waals surface area contributed by atoms with Gasteiger partial charge in [0.25, 0.3) is 0 Å². The zero-order valence-electron chi connectivity index (χ0n) is 12.1. The van der Waals surface area contributed by atoms with Crippen LogP contribution in [0.15, 0.2) is 24.3 Å². The average molecular weight is 268 g/mol. The molecular weight excluding hydrogens is 243 g/mol. The van der Waals surface area contributed by atoms with Crippen molar-refractivity contribution in [1.82, 2.24) is 4.90 Å². The predicted molar refractivity (Wildman–Crippen MR) is 76.5 cm³/mol. The maximum atomic E-state index is 12.8. The first kappa shape index (κ1) is 16.1. The molecule has 0 amide bonds. The molecular formula is C15H25FN2O. The van der Waals surface area contributed by atoms with Crippen LogP contribution in [0.1, 0.15) is 31.9 Å². The van der Waals surface area contributed by atoms with Crippen LogP contribution < -0.4 is 5.73 Å². The molecule has 0 saturated carbocycles. The molecule has 0 heterocycles. The van der Waals surface area contributed by atoms with Gasteiger partial charge in [0.2, 0.25) is 0 Å². The minimum absolute atomic E-state index is 0.0515. The van der Waals surface area contributed by atoms with E-state index in [9.17, 15) is 4.39 Å². The fourth-order valence-corrected chi connectivity index (χ4v) is 2.02. The molecule has 1 unspecified atom stereocenters. The van der Waals surface area contributed by atoms with E-state index in [-0.39, 0.29) is 11.9 Å². The van der Waals surface area contributed by atoms with E-state index in [2.05, 4.69) is 18.7 Å². The van der Waals surface area contributed by atoms with Gasteiger partial charge in [0, 0.05) is 32.3 Å². The first-order valence-corrected chi connectivity index (χ1v) is 6.78. The molecule has 0 fully saturated rings. The highest BCUT2D eigenvalue weighted by atomic mass is 19.1. The van der Waals surface area contributed by atoms with E-state index in [0.29, 0.717) is 6.04 Å². The van der Waals surface area contributed by atoms with Gasteiger partial charge in [0.15, 0.2) is 0 Å². The van der Waals surface area contributed by atoms with Crippen molar-refractivity contribution in [1.29, 1.82) is 0 Å². The number of halogens is 1. The standard InChI is InChI=1S/C15H25FN2O/c1-12(2)18(10-11-19-3)9-8-15(17)13-4-6-14(16)7-5-13/h4-7,12,15H,8-11,17H2,1-3H3. The number of rotatable bonds is 8. The third-order valence-electron chi connectivity index (χ3n) is 3.34. The Morgan fingerprint density at radius 3 is 2.37 bits per heavy atom. The second-order valence-corrected chi connectivity index (χ2v) is 5.07. The van der Waals surface area contributed by atoms with Crippen LogP contribution in [0.3, 0.4) is 0 Å². The van der Waals surface area contributed by atoms with Gasteiger partial charge in [-0.15, -0.1) is 0 Å². The van der Waals surface area contributed by atoms with Crippen molar-refractivity contribution in [2.24, 2.45) is 5.73 Å². The zero-order valence-corrected chi connectivity index (χ0v) is 12.1. The SMILES string of the molecule is COCCN(CCC(N)c1ccc(F)cc1)C(C)C. The van der Waals surface area contributed by atoms with E-state index in [1.165, 1.54) is 12.1 Å². The topological polar surface area (TPSA) is 38.5 Å². The largest absolute Gasteiger partial charge is 0.383 e. The van der Waals surface area contributed by atoms with Crippen molar-refractivity contribution >= 4 is 0 Å². The van der Waals surface area contributed by atoms with Crippen LogP contribution in [0.4, 0.5) is 4.39 Å². The molecule has 4 heteroatoms. The lowest BCUT2D eigenvalue weighted by molar-refractivity contribution is 0.127. The summed E-state index contributed by atoms with van der Waals surface area (Å²) in [6, 6.07) is 6.85. The number of hydrogen-bond acceptors (Lipinski definition) is 3. The number of hydrogen-bond donors (Lipinski definition) is 1. The molecule has 0 aliphatic carbocycles. The van der Waals surface area contributed by atoms with E-state index in [0.717, 1.165) is 31.7 Å². The molecule has 1 rings (SSSR count). The molecule has 19 heavy (non-hydrogen) atoms. The number of nitrogens with two attached hydrogens (primary N) is 1. The zero-order chi connectivity index (χ0) is 14.3. The van der Waals surface area contributed by atoms with Crippen molar-refractivity contribution < 1.29 is 9.13 Å². The summed E-state index contributed by atoms with van der Waals surface area (Å²) in [5, 5.41) is 0. The van der Waals surface area contributed by atoms with Crippen LogP contribution in [-0.4, -0.2) is 37.7 Å². The number of methoxy groups -OCH3 is 1. The van der Waals surface area contributed by atoms with E-state index in [4.69, 9.17) is 10.5 Å². The van der Waals surface area contributed by atoms with Crippen LogP contribution in [0.5, 0.6) is 0 Å². The second kappa shape index (κ2) is 8.25. The molecule has 0 aliphatic heterocycles. The summed E-state index contributed by atoms with van der Waals surface area (Å²) >= 11 is 0. The first-order chi connectivity index (χ1) is 9.04. The van der Waals surface area contributed by atoms with Crippen LogP contribution >= 0.6 is 0 Å². The Hall–Kier alpha value is -0.970. The molecule has 0 radical (unpaired) electrons. The maximum Gasteiger partial charge on any atom is 0.123 e. The van der Waals surface area contributed by atoms with Gasteiger partial charge in [-0.2, -0.15) is 0 Å². The highest BCUT2D eigenvalue weighted by molar-refractivity contribution is 5.19. The summed E-state index contributed by atoms with van der Waals surface area (Å²) in [6.07, 6.45) is 0.855. The predicted octanol–water partition coefficient (Wildman–Crippen LogP) is 2.57. The summed E-state index contributed by atoms with van der Waals surface area (Å²) in [4.78, 5) is 2.34. The maximum absolute atomic E-state index is 12.8. The Bertz CT molecular complexity index is 354. The molecule has 0 aromatic heterocycles. The lowest BCUT2D eigenvalue weighted by Crippen LogP contribution is -2.36. The van der Waals surface area contributed by atoms with E-state index in [1.807, 2.05) is 0 Å². The van der Waals surface area contributed by atoms with Crippen LogP contribution in [0, 0.1) is 5.82 Å². The van der Waals surface area contributed by atoms with Gasteiger partial charge in [-0.25, -0.2) is 4.39 Å². The fourth-order valence-electron chi connectivity index (χ4n) is 2.02. The average Bonchev–Trinajstić information content (AvgIpc) is 2.39. The Morgan fingerprint density at radius 2 is 1.84 bits per heavy atom. The van der Waals surface area contributed by atoms with Gasteiger partial charge in [-0.3, -0.25) is 4.90 Å². The molecule has 108 valence electrons. The Balaban J connectivity index is 2.46. The summed E-state index contributed by atoms with van der Waals surface area (Å²) < 4.78 is 18.0. The van der Waals surface area contributed by atoms with Crippen molar-refractivity contribution in [3.8, 4) is 0 Å². The van der Waals surface area contributed by atoms with Crippen LogP contribution in [0.2, 0.25) is 0 Å². The van der Waals surface area contributed by atoms with E-state index in [1.54, 1.807) is 19.2 Å². The molecule has 0 bridgehead atoms. The Morgan fingerprint density at radius 1 is 1.21 bits per heavy atom. The Kier molecular flexibility index (Phi) is 6.99. The summed E-state index contributed by atoms with van der Waals surface area (Å²) in [7, 11) is 1.71. The van der Waals surface area contributed by atoms with Gasteiger partial charge >= 0.3 is 0 Å². The van der Waals surface area contributed by atoms with Crippen molar-refractivity contribution in [2.75, 3.05) is 26.8 Å². The quantitative estimate of drug-likeness (QED) is 0.787. The van der Waals surface area contributed by atoms with Crippen LogP contribution in [0.25, 0.3) is 0 Å². The van der Waals surface area contributed by atoms with Gasteiger partial charge in [0.05, 0.1) is 6.61 Å². The summed E-state index contributed by atoms with van der Waals surface area (Å²) in [5.74, 6) is -0.222. The molecule has 0 spiro atoms. The summed E-state index contributed by atoms with van der Waals surface area (Å²) in [6.45, 7) is 6.88. The van der Waals surface area contributed by atoms with Crippen LogP contribution in [-0.2, 0) is 4.74 Å². The van der Waals surface area contributed by atoms with Crippen molar-refractivity contribution in [2.45, 2.75) is 32.4 Å². The minimum Gasteiger partial charge on any atom is -0.383 e. The van der Waals surface area contributed by atoms with E-state index < -0.39 is 0 Å². The molecule has 0 aliphatic rings. The first-order valence-electron chi connectivity index (χ1n) is 6.78. The molecule has 2 N–H and O–H groups in total. The van der Waals surface area contributed by atoms with Crippen molar-refractivity contribution in [3.63, 3.8) is 0 Å². The third-order valence-corrected chi connectivity index (χ3v) is 3.34. The fraction of sp³-hybridized carbons (Fsp3) is 0.600. The van der Waals surface area contributed by atoms with Gasteiger partial charge < -0.3 is 10.5 Å². The summed E-state index contributed by atoms with van der Waals surface area (Å²) in [5.41, 5.74) is 7.13. The lowest BCUT2D eigenvalue weighted by Gasteiger charge is -2.27. The molecule has 1 aromatic rings. The molecule has 1 aromatic carbocycles. The molecule has 3 nitrogen and oxygen atoms in total. The molecule has 0 saturated heterocycles. The normalized spacial score (nSPS) is 13.2. The molecule has 1 atom stereocenters. The van der Waals surface area contributed by atoms with Gasteiger partial charge in [-0.05, 0) is 38.0 Å². The lowest BCUT2D eigenvalue weighted by atomic mass is 10.0. The van der Waals surface area contributed by atoms with Crippen molar-refractivity contribution in [3.05, 3.63) is 35.6 Å². The third kappa shape index (κ3) is 5.68. The highest BCUT2D eigenvalue weighted by Crippen LogP contribution is 2.15. The monoisotopic (exact) mass is 268 g/mol. The number of nitrogens with zero attached hydrogens (tertiary/aromatic N) is 1. The van der Waals surface area contributed by atoms with E-state index >= 15 is 0 Å². The highest BCUT2D eigenvalue weighted by Gasteiger charge is 2.12. The smallest absolute Gasteiger partial charge is 0.123 e. The Labute approximate surface area is 115 Å². The minimum atomic E-state index is -0.222. The number of benzene rings is 1. The second-order valence-electron chi connectivity index (χ2n) is 5.07.